The quantitative estimate of drug-likeness (QED) is 0.906. The Hall–Kier alpha value is -2.66. The molecule has 0 fully saturated rings. The number of carbonyl (C=O) groups excluding carboxylic acids is 1. The third-order valence-corrected chi connectivity index (χ3v) is 3.42. The van der Waals surface area contributed by atoms with Crippen LogP contribution in [0.2, 0.25) is 0 Å². The van der Waals surface area contributed by atoms with Crippen LogP contribution in [-0.2, 0) is 11.2 Å². The molecule has 2 aromatic rings. The van der Waals surface area contributed by atoms with Crippen molar-refractivity contribution >= 4 is 17.3 Å². The van der Waals surface area contributed by atoms with Crippen molar-refractivity contribution in [3.8, 4) is 0 Å². The Morgan fingerprint density at radius 2 is 2.05 bits per heavy atom. The summed E-state index contributed by atoms with van der Waals surface area (Å²) in [5, 5.41) is 4.75. The average molecular weight is 294 g/mol. The number of benzene rings is 1. The molecule has 0 spiro atoms. The first-order valence-electron chi connectivity index (χ1n) is 7.19. The highest BCUT2D eigenvalue weighted by atomic mass is 16.1. The van der Waals surface area contributed by atoms with Crippen LogP contribution < -0.4 is 10.7 Å². The summed E-state index contributed by atoms with van der Waals surface area (Å²) in [6.45, 7) is 0.741. The highest BCUT2D eigenvalue weighted by molar-refractivity contribution is 5.91. The van der Waals surface area contributed by atoms with E-state index in [-0.39, 0.29) is 5.91 Å². The Morgan fingerprint density at radius 3 is 2.77 bits per heavy atom. The highest BCUT2D eigenvalue weighted by Crippen LogP contribution is 2.17. The van der Waals surface area contributed by atoms with Crippen LogP contribution in [0.5, 0.6) is 0 Å². The molecular formula is C17H18N4O. The summed E-state index contributed by atoms with van der Waals surface area (Å²) in [4.78, 5) is 16.6. The van der Waals surface area contributed by atoms with E-state index in [0.717, 1.165) is 23.4 Å². The number of hydrogen-bond donors (Lipinski definition) is 2. The average Bonchev–Trinajstić information content (AvgIpc) is 2.95. The first kappa shape index (κ1) is 14.3. The van der Waals surface area contributed by atoms with Crippen molar-refractivity contribution < 1.29 is 4.79 Å². The Labute approximate surface area is 129 Å². The van der Waals surface area contributed by atoms with E-state index in [1.54, 1.807) is 6.07 Å². The molecule has 0 unspecified atom stereocenters. The van der Waals surface area contributed by atoms with Gasteiger partial charge in [-0.15, -0.1) is 0 Å². The van der Waals surface area contributed by atoms with Gasteiger partial charge in [-0.25, -0.2) is 10.4 Å². The number of amides is 1. The third-order valence-electron chi connectivity index (χ3n) is 3.42. The maximum Gasteiger partial charge on any atom is 0.229 e. The van der Waals surface area contributed by atoms with Gasteiger partial charge >= 0.3 is 0 Å². The molecule has 0 saturated carbocycles. The number of hydrogen-bond acceptors (Lipinski definition) is 4. The van der Waals surface area contributed by atoms with Crippen LogP contribution in [0.1, 0.15) is 11.3 Å². The lowest BCUT2D eigenvalue weighted by atomic mass is 10.1. The predicted octanol–water partition coefficient (Wildman–Crippen LogP) is 2.05. The first-order valence-corrected chi connectivity index (χ1v) is 7.19. The summed E-state index contributed by atoms with van der Waals surface area (Å²) in [7, 11) is 1.94. The van der Waals surface area contributed by atoms with Crippen molar-refractivity contribution in [1.29, 1.82) is 0 Å². The number of nitrogens with zero attached hydrogens (tertiary/aromatic N) is 2. The zero-order chi connectivity index (χ0) is 15.4. The van der Waals surface area contributed by atoms with Gasteiger partial charge in [0.15, 0.2) is 0 Å². The van der Waals surface area contributed by atoms with Gasteiger partial charge in [-0.1, -0.05) is 36.4 Å². The van der Waals surface area contributed by atoms with Crippen LogP contribution in [0.15, 0.2) is 54.7 Å². The van der Waals surface area contributed by atoms with Gasteiger partial charge in [0, 0.05) is 25.4 Å². The van der Waals surface area contributed by atoms with E-state index in [2.05, 4.69) is 15.7 Å². The maximum atomic E-state index is 12.1. The Bertz CT molecular complexity index is 697. The summed E-state index contributed by atoms with van der Waals surface area (Å²) in [6.07, 6.45) is 2.34. The molecule has 5 nitrogen and oxygen atoms in total. The van der Waals surface area contributed by atoms with E-state index >= 15 is 0 Å². The van der Waals surface area contributed by atoms with E-state index in [9.17, 15) is 4.79 Å². The van der Waals surface area contributed by atoms with Crippen LogP contribution >= 0.6 is 0 Å². The molecule has 1 aliphatic rings. The van der Waals surface area contributed by atoms with Crippen LogP contribution in [-0.4, -0.2) is 29.5 Å². The van der Waals surface area contributed by atoms with Crippen LogP contribution in [0.3, 0.4) is 0 Å². The molecule has 0 atom stereocenters. The molecule has 1 amide bonds. The number of aromatic nitrogens is 1. The third kappa shape index (κ3) is 3.51. The van der Waals surface area contributed by atoms with Gasteiger partial charge < -0.3 is 10.3 Å². The van der Waals surface area contributed by atoms with Crippen LogP contribution in [0.4, 0.5) is 5.82 Å². The number of nitrogens with one attached hydrogen (secondary N) is 2. The predicted molar refractivity (Wildman–Crippen MR) is 86.8 cm³/mol. The molecule has 1 aromatic carbocycles. The summed E-state index contributed by atoms with van der Waals surface area (Å²) in [6, 6.07) is 15.3. The fourth-order valence-corrected chi connectivity index (χ4v) is 2.34. The van der Waals surface area contributed by atoms with Gasteiger partial charge in [0.1, 0.15) is 5.82 Å². The fourth-order valence-electron chi connectivity index (χ4n) is 2.34. The van der Waals surface area contributed by atoms with Crippen molar-refractivity contribution in [2.45, 2.75) is 6.42 Å². The summed E-state index contributed by atoms with van der Waals surface area (Å²) >= 11 is 0. The molecule has 0 bridgehead atoms. The molecule has 2 heterocycles. The second-order valence-corrected chi connectivity index (χ2v) is 5.22. The van der Waals surface area contributed by atoms with Gasteiger partial charge in [0.25, 0.3) is 0 Å². The Kier molecular flexibility index (Phi) is 4.16. The highest BCUT2D eigenvalue weighted by Gasteiger charge is 2.12. The molecule has 5 heteroatoms. The van der Waals surface area contributed by atoms with E-state index in [1.807, 2.05) is 60.7 Å². The van der Waals surface area contributed by atoms with Gasteiger partial charge in [0.05, 0.1) is 12.1 Å². The second kappa shape index (κ2) is 6.41. The van der Waals surface area contributed by atoms with Crippen molar-refractivity contribution in [2.75, 3.05) is 18.9 Å². The summed E-state index contributed by atoms with van der Waals surface area (Å²) < 4.78 is 0. The molecule has 2 N–H and O–H groups in total. The zero-order valence-corrected chi connectivity index (χ0v) is 12.4. The molecule has 112 valence electrons. The van der Waals surface area contributed by atoms with Crippen LogP contribution in [0, 0.1) is 0 Å². The van der Waals surface area contributed by atoms with Crippen molar-refractivity contribution in [3.63, 3.8) is 0 Å². The van der Waals surface area contributed by atoms with E-state index in [1.165, 1.54) is 0 Å². The van der Waals surface area contributed by atoms with Gasteiger partial charge in [-0.05, 0) is 17.7 Å². The fraction of sp³-hybridized carbons (Fsp3) is 0.176. The lowest BCUT2D eigenvalue weighted by molar-refractivity contribution is -0.115. The molecule has 0 aliphatic carbocycles. The standard InChI is InChI=1S/C17H18N4O/c1-21-12-14(11-18-21)15-8-5-9-16(19-15)20-17(22)10-13-6-3-2-4-7-13/h2-9,12,18H,10-11H2,1H3,(H,19,20,22). The lowest BCUT2D eigenvalue weighted by Crippen LogP contribution is -2.23. The number of rotatable bonds is 4. The topological polar surface area (TPSA) is 57.3 Å². The van der Waals surface area contributed by atoms with Crippen molar-refractivity contribution in [2.24, 2.45) is 0 Å². The van der Waals surface area contributed by atoms with Crippen molar-refractivity contribution in [1.82, 2.24) is 15.4 Å². The molecule has 22 heavy (non-hydrogen) atoms. The number of hydrazine groups is 1. The lowest BCUT2D eigenvalue weighted by Gasteiger charge is -2.07. The minimum Gasteiger partial charge on any atom is -0.318 e. The molecule has 3 rings (SSSR count). The van der Waals surface area contributed by atoms with Crippen LogP contribution in [0.25, 0.3) is 5.57 Å². The number of pyridine rings is 1. The molecular weight excluding hydrogens is 276 g/mol. The monoisotopic (exact) mass is 294 g/mol. The van der Waals surface area contributed by atoms with Crippen molar-refractivity contribution in [3.05, 3.63) is 66.0 Å². The molecule has 0 radical (unpaired) electrons. The zero-order valence-electron chi connectivity index (χ0n) is 12.4. The smallest absolute Gasteiger partial charge is 0.229 e. The molecule has 1 aliphatic heterocycles. The minimum absolute atomic E-state index is 0.0634. The Morgan fingerprint density at radius 1 is 1.23 bits per heavy atom. The van der Waals surface area contributed by atoms with E-state index < -0.39 is 0 Å². The summed E-state index contributed by atoms with van der Waals surface area (Å²) in [5.41, 5.74) is 6.13. The molecule has 1 aromatic heterocycles. The Balaban J connectivity index is 1.68. The van der Waals surface area contributed by atoms with Gasteiger partial charge in [-0.3, -0.25) is 4.79 Å². The largest absolute Gasteiger partial charge is 0.318 e. The maximum absolute atomic E-state index is 12.1. The van der Waals surface area contributed by atoms with E-state index in [4.69, 9.17) is 0 Å². The number of carbonyl (C=O) groups is 1. The first-order chi connectivity index (χ1) is 10.7. The number of anilines is 1. The summed E-state index contributed by atoms with van der Waals surface area (Å²) in [5.74, 6) is 0.514. The minimum atomic E-state index is -0.0634. The normalized spacial score (nSPS) is 13.9. The molecule has 0 saturated heterocycles. The second-order valence-electron chi connectivity index (χ2n) is 5.22. The van der Waals surface area contributed by atoms with E-state index in [0.29, 0.717) is 12.2 Å². The van der Waals surface area contributed by atoms with Gasteiger partial charge in [-0.2, -0.15) is 0 Å². The SMILES string of the molecule is CN1C=C(c2cccc(NC(=O)Cc3ccccc3)n2)CN1. The van der Waals surface area contributed by atoms with Gasteiger partial charge in [0.2, 0.25) is 5.91 Å².